The average molecular weight is 237 g/mol. The highest BCUT2D eigenvalue weighted by Crippen LogP contribution is 2.42. The zero-order valence-corrected chi connectivity index (χ0v) is 11.1. The largest absolute Gasteiger partial charge is 0.312 e. The van der Waals surface area contributed by atoms with E-state index < -0.39 is 0 Å². The van der Waals surface area contributed by atoms with Crippen LogP contribution in [0.25, 0.3) is 0 Å². The minimum Gasteiger partial charge on any atom is -0.312 e. The van der Waals surface area contributed by atoms with E-state index in [0.717, 1.165) is 30.6 Å². The number of amidine groups is 1. The first kappa shape index (κ1) is 12.9. The summed E-state index contributed by atoms with van der Waals surface area (Å²) in [6.07, 6.45) is 10.9. The van der Waals surface area contributed by atoms with Gasteiger partial charge in [-0.3, -0.25) is 4.99 Å². The van der Waals surface area contributed by atoms with Gasteiger partial charge < -0.3 is 5.43 Å². The third-order valence-corrected chi connectivity index (χ3v) is 4.58. The molecule has 0 radical (unpaired) electrons. The lowest BCUT2D eigenvalue weighted by molar-refractivity contribution is 0.151. The molecule has 3 N–H and O–H groups in total. The summed E-state index contributed by atoms with van der Waals surface area (Å²) in [6, 6.07) is 0. The molecular weight excluding hydrogens is 210 g/mol. The number of fused-ring (bicyclic) bond motifs is 1. The molecule has 0 saturated heterocycles. The number of rotatable bonds is 3. The van der Waals surface area contributed by atoms with Gasteiger partial charge in [0.2, 0.25) is 0 Å². The van der Waals surface area contributed by atoms with Gasteiger partial charge in [-0.25, -0.2) is 5.84 Å². The Morgan fingerprint density at radius 2 is 1.94 bits per heavy atom. The third kappa shape index (κ3) is 3.21. The average Bonchev–Trinajstić information content (AvgIpc) is 2.39. The Kier molecular flexibility index (Phi) is 4.84. The molecule has 3 atom stereocenters. The van der Waals surface area contributed by atoms with E-state index in [2.05, 4.69) is 17.3 Å². The van der Waals surface area contributed by atoms with Gasteiger partial charge in [-0.2, -0.15) is 0 Å². The lowest BCUT2D eigenvalue weighted by Gasteiger charge is -2.39. The Morgan fingerprint density at radius 1 is 1.18 bits per heavy atom. The van der Waals surface area contributed by atoms with Gasteiger partial charge in [0.05, 0.1) is 0 Å². The van der Waals surface area contributed by atoms with E-state index in [4.69, 9.17) is 5.84 Å². The Morgan fingerprint density at radius 3 is 2.65 bits per heavy atom. The molecule has 3 unspecified atom stereocenters. The van der Waals surface area contributed by atoms with Crippen molar-refractivity contribution in [2.24, 2.45) is 28.6 Å². The number of aliphatic imine (C=N–C) groups is 1. The van der Waals surface area contributed by atoms with Gasteiger partial charge in [-0.05, 0) is 37.5 Å². The lowest BCUT2D eigenvalue weighted by atomic mass is 9.67. The van der Waals surface area contributed by atoms with Crippen LogP contribution >= 0.6 is 0 Å². The fraction of sp³-hybridized carbons (Fsp3) is 0.929. The molecular formula is C14H27N3. The van der Waals surface area contributed by atoms with Crippen molar-refractivity contribution in [3.8, 4) is 0 Å². The number of nitrogens with one attached hydrogen (secondary N) is 1. The molecule has 17 heavy (non-hydrogen) atoms. The summed E-state index contributed by atoms with van der Waals surface area (Å²) in [5, 5.41) is 0. The molecule has 2 fully saturated rings. The number of nitrogens with zero attached hydrogens (tertiary/aromatic N) is 1. The van der Waals surface area contributed by atoms with Crippen LogP contribution in [0.15, 0.2) is 4.99 Å². The molecule has 0 heterocycles. The standard InChI is InChI=1S/C14H27N3/c1-2-9-16-14(17-15)13-8-7-11-5-3-4-6-12(11)10-13/h11-13H,2-10,15H2,1H3,(H,16,17). The molecule has 2 aliphatic carbocycles. The normalized spacial score (nSPS) is 34.2. The van der Waals surface area contributed by atoms with Crippen LogP contribution in [0, 0.1) is 17.8 Å². The molecule has 0 bridgehead atoms. The van der Waals surface area contributed by atoms with Crippen LogP contribution in [0.1, 0.15) is 58.3 Å². The van der Waals surface area contributed by atoms with Crippen molar-refractivity contribution < 1.29 is 0 Å². The van der Waals surface area contributed by atoms with Gasteiger partial charge in [0, 0.05) is 12.5 Å². The topological polar surface area (TPSA) is 50.4 Å². The molecule has 0 aliphatic heterocycles. The van der Waals surface area contributed by atoms with Gasteiger partial charge in [-0.1, -0.05) is 32.6 Å². The van der Waals surface area contributed by atoms with E-state index >= 15 is 0 Å². The molecule has 2 aliphatic rings. The quantitative estimate of drug-likeness (QED) is 0.343. The summed E-state index contributed by atoms with van der Waals surface area (Å²) in [4.78, 5) is 4.60. The van der Waals surface area contributed by atoms with E-state index in [1.54, 1.807) is 0 Å². The minimum absolute atomic E-state index is 0.603. The number of hydrazine groups is 1. The van der Waals surface area contributed by atoms with Crippen molar-refractivity contribution in [2.75, 3.05) is 6.54 Å². The molecule has 0 spiro atoms. The van der Waals surface area contributed by atoms with Crippen LogP contribution in [-0.4, -0.2) is 12.4 Å². The second-order valence-corrected chi connectivity index (χ2v) is 5.73. The van der Waals surface area contributed by atoms with E-state index in [-0.39, 0.29) is 0 Å². The summed E-state index contributed by atoms with van der Waals surface area (Å²) in [5.41, 5.74) is 2.85. The fourth-order valence-corrected chi connectivity index (χ4v) is 3.65. The number of hydrogen-bond acceptors (Lipinski definition) is 2. The van der Waals surface area contributed by atoms with Crippen LogP contribution in [0.5, 0.6) is 0 Å². The first-order valence-electron chi connectivity index (χ1n) is 7.36. The lowest BCUT2D eigenvalue weighted by Crippen LogP contribution is -2.40. The highest BCUT2D eigenvalue weighted by Gasteiger charge is 2.33. The van der Waals surface area contributed by atoms with Gasteiger partial charge in [0.15, 0.2) is 0 Å². The predicted octanol–water partition coefficient (Wildman–Crippen LogP) is 2.86. The molecule has 2 saturated carbocycles. The van der Waals surface area contributed by atoms with Gasteiger partial charge in [0.1, 0.15) is 5.84 Å². The summed E-state index contributed by atoms with van der Waals surface area (Å²) >= 11 is 0. The summed E-state index contributed by atoms with van der Waals surface area (Å²) in [6.45, 7) is 3.07. The highest BCUT2D eigenvalue weighted by atomic mass is 15.3. The SMILES string of the molecule is CCCN=C(NN)C1CCC2CCCCC2C1. The van der Waals surface area contributed by atoms with Gasteiger partial charge >= 0.3 is 0 Å². The second kappa shape index (κ2) is 6.39. The van der Waals surface area contributed by atoms with Crippen LogP contribution in [0.2, 0.25) is 0 Å². The molecule has 0 aromatic carbocycles. The van der Waals surface area contributed by atoms with E-state index in [1.807, 2.05) is 0 Å². The van der Waals surface area contributed by atoms with Crippen LogP contribution in [0.3, 0.4) is 0 Å². The molecule has 0 amide bonds. The van der Waals surface area contributed by atoms with Crippen LogP contribution in [0.4, 0.5) is 0 Å². The monoisotopic (exact) mass is 237 g/mol. The first-order valence-corrected chi connectivity index (χ1v) is 7.36. The molecule has 3 heteroatoms. The molecule has 98 valence electrons. The molecule has 3 nitrogen and oxygen atoms in total. The van der Waals surface area contributed by atoms with Crippen molar-refractivity contribution in [2.45, 2.75) is 58.3 Å². The van der Waals surface area contributed by atoms with Crippen molar-refractivity contribution >= 4 is 5.84 Å². The Bertz CT molecular complexity index is 262. The highest BCUT2D eigenvalue weighted by molar-refractivity contribution is 5.84. The maximum Gasteiger partial charge on any atom is 0.113 e. The number of hydrogen-bond donors (Lipinski definition) is 2. The second-order valence-electron chi connectivity index (χ2n) is 5.73. The zero-order valence-electron chi connectivity index (χ0n) is 11.1. The van der Waals surface area contributed by atoms with Crippen molar-refractivity contribution in [3.63, 3.8) is 0 Å². The summed E-state index contributed by atoms with van der Waals surface area (Å²) < 4.78 is 0. The van der Waals surface area contributed by atoms with Crippen LogP contribution in [-0.2, 0) is 0 Å². The molecule has 2 rings (SSSR count). The fourth-order valence-electron chi connectivity index (χ4n) is 3.65. The number of nitrogens with two attached hydrogens (primary N) is 1. The zero-order chi connectivity index (χ0) is 12.1. The van der Waals surface area contributed by atoms with E-state index in [0.29, 0.717) is 5.92 Å². The summed E-state index contributed by atoms with van der Waals surface area (Å²) in [5.74, 6) is 9.25. The molecule has 0 aromatic heterocycles. The Hall–Kier alpha value is -0.570. The smallest absolute Gasteiger partial charge is 0.113 e. The minimum atomic E-state index is 0.603. The predicted molar refractivity (Wildman–Crippen MR) is 72.7 cm³/mol. The van der Waals surface area contributed by atoms with Crippen LogP contribution < -0.4 is 11.3 Å². The first-order chi connectivity index (χ1) is 8.35. The Balaban J connectivity index is 1.93. The third-order valence-electron chi connectivity index (χ3n) is 4.58. The summed E-state index contributed by atoms with van der Waals surface area (Å²) in [7, 11) is 0. The Labute approximate surface area is 105 Å². The van der Waals surface area contributed by atoms with Gasteiger partial charge in [0.25, 0.3) is 0 Å². The molecule has 0 aromatic rings. The maximum absolute atomic E-state index is 5.63. The van der Waals surface area contributed by atoms with E-state index in [1.165, 1.54) is 44.9 Å². The van der Waals surface area contributed by atoms with Crippen molar-refractivity contribution in [3.05, 3.63) is 0 Å². The van der Waals surface area contributed by atoms with Crippen molar-refractivity contribution in [1.29, 1.82) is 0 Å². The van der Waals surface area contributed by atoms with Gasteiger partial charge in [-0.15, -0.1) is 0 Å². The van der Waals surface area contributed by atoms with E-state index in [9.17, 15) is 0 Å². The van der Waals surface area contributed by atoms with Crippen molar-refractivity contribution in [1.82, 2.24) is 5.43 Å². The maximum atomic E-state index is 5.63.